The van der Waals surface area contributed by atoms with Gasteiger partial charge in [0.15, 0.2) is 0 Å². The van der Waals surface area contributed by atoms with E-state index in [1.165, 1.54) is 0 Å². The number of methoxy groups -OCH3 is 2. The molecule has 9 heteroatoms. The zero-order valence-corrected chi connectivity index (χ0v) is 18.6. The molecular weight excluding hydrogens is 422 g/mol. The highest BCUT2D eigenvalue weighted by Crippen LogP contribution is 2.23. The number of ether oxygens (including phenoxy) is 2. The lowest BCUT2D eigenvalue weighted by Crippen LogP contribution is -2.48. The van der Waals surface area contributed by atoms with Crippen molar-refractivity contribution in [3.8, 4) is 22.9 Å². The van der Waals surface area contributed by atoms with Crippen molar-refractivity contribution >= 4 is 16.8 Å². The first-order valence-electron chi connectivity index (χ1n) is 10.8. The lowest BCUT2D eigenvalue weighted by Gasteiger charge is -2.33. The van der Waals surface area contributed by atoms with Crippen LogP contribution in [0.2, 0.25) is 0 Å². The number of piperazine rings is 1. The first kappa shape index (κ1) is 21.0. The number of hydrogen-bond donors (Lipinski definition) is 1. The van der Waals surface area contributed by atoms with Crippen LogP contribution in [0, 0.1) is 0 Å². The van der Waals surface area contributed by atoms with Gasteiger partial charge in [0.25, 0.3) is 5.91 Å². The summed E-state index contributed by atoms with van der Waals surface area (Å²) in [5, 5.41) is 5.08. The number of fused-ring (bicyclic) bond motifs is 1. The number of benzene rings is 2. The van der Waals surface area contributed by atoms with Gasteiger partial charge < -0.3 is 23.9 Å². The second-order valence-electron chi connectivity index (χ2n) is 7.94. The van der Waals surface area contributed by atoms with Gasteiger partial charge in [-0.2, -0.15) is 4.98 Å². The van der Waals surface area contributed by atoms with E-state index in [-0.39, 0.29) is 5.91 Å². The Balaban J connectivity index is 1.18. The Morgan fingerprint density at radius 1 is 1.00 bits per heavy atom. The van der Waals surface area contributed by atoms with Gasteiger partial charge in [0.05, 0.1) is 20.8 Å². The lowest BCUT2D eigenvalue weighted by molar-refractivity contribution is 0.0610. The lowest BCUT2D eigenvalue weighted by atomic mass is 10.2. The average Bonchev–Trinajstić information content (AvgIpc) is 3.50. The van der Waals surface area contributed by atoms with Gasteiger partial charge in [0.1, 0.15) is 17.2 Å². The van der Waals surface area contributed by atoms with E-state index in [1.54, 1.807) is 14.2 Å². The molecule has 0 atom stereocenters. The van der Waals surface area contributed by atoms with E-state index in [9.17, 15) is 4.79 Å². The fourth-order valence-corrected chi connectivity index (χ4v) is 4.00. The largest absolute Gasteiger partial charge is 0.497 e. The molecular formula is C24H25N5O4. The molecule has 0 saturated carbocycles. The predicted molar refractivity (Wildman–Crippen MR) is 122 cm³/mol. The summed E-state index contributed by atoms with van der Waals surface area (Å²) in [7, 11) is 3.26. The molecule has 1 N–H and O–H groups in total. The summed E-state index contributed by atoms with van der Waals surface area (Å²) >= 11 is 0. The molecule has 1 aliphatic heterocycles. The number of aromatic amines is 1. The number of carbonyl (C=O) groups is 1. The zero-order valence-electron chi connectivity index (χ0n) is 18.6. The minimum Gasteiger partial charge on any atom is -0.497 e. The quantitative estimate of drug-likeness (QED) is 0.485. The Hall–Kier alpha value is -3.85. The number of H-pyrrole nitrogens is 1. The molecule has 33 heavy (non-hydrogen) atoms. The van der Waals surface area contributed by atoms with Crippen molar-refractivity contribution in [1.29, 1.82) is 0 Å². The molecule has 3 heterocycles. The molecule has 0 bridgehead atoms. The highest BCUT2D eigenvalue weighted by molar-refractivity contribution is 5.98. The number of nitrogens with one attached hydrogen (secondary N) is 1. The minimum atomic E-state index is 0.00407. The van der Waals surface area contributed by atoms with Crippen LogP contribution in [0.5, 0.6) is 11.5 Å². The van der Waals surface area contributed by atoms with Crippen LogP contribution >= 0.6 is 0 Å². The number of carbonyl (C=O) groups excluding carboxylic acids is 1. The summed E-state index contributed by atoms with van der Waals surface area (Å²) in [5.41, 5.74) is 2.35. The molecule has 1 amide bonds. The molecule has 4 aromatic rings. The topological polar surface area (TPSA) is 96.7 Å². The summed E-state index contributed by atoms with van der Waals surface area (Å²) in [5.74, 6) is 2.65. The Morgan fingerprint density at radius 2 is 1.73 bits per heavy atom. The molecule has 2 aromatic heterocycles. The Kier molecular flexibility index (Phi) is 5.70. The van der Waals surface area contributed by atoms with Gasteiger partial charge in [-0.25, -0.2) is 0 Å². The first-order chi connectivity index (χ1) is 16.1. The first-order valence-corrected chi connectivity index (χ1v) is 10.8. The predicted octanol–water partition coefficient (Wildman–Crippen LogP) is 3.19. The second kappa shape index (κ2) is 8.95. The third kappa shape index (κ3) is 4.40. The van der Waals surface area contributed by atoms with Gasteiger partial charge in [-0.15, -0.1) is 0 Å². The molecule has 1 fully saturated rings. The van der Waals surface area contributed by atoms with Crippen LogP contribution in [0.25, 0.3) is 22.3 Å². The SMILES string of the molecule is COc1ccc(-c2noc(CN3CCN(C(=O)c4cc5ccc(OC)cc5[nH]4)CC3)n2)cc1. The number of aromatic nitrogens is 3. The third-order valence-corrected chi connectivity index (χ3v) is 5.89. The van der Waals surface area contributed by atoms with Crippen molar-refractivity contribution < 1.29 is 18.8 Å². The molecule has 0 unspecified atom stereocenters. The fraction of sp³-hybridized carbons (Fsp3) is 0.292. The number of hydrogen-bond acceptors (Lipinski definition) is 7. The van der Waals surface area contributed by atoms with Crippen molar-refractivity contribution in [3.05, 3.63) is 60.1 Å². The molecule has 170 valence electrons. The zero-order chi connectivity index (χ0) is 22.8. The third-order valence-electron chi connectivity index (χ3n) is 5.89. The van der Waals surface area contributed by atoms with E-state index in [1.807, 2.05) is 53.4 Å². The van der Waals surface area contributed by atoms with Crippen LogP contribution in [-0.2, 0) is 6.54 Å². The van der Waals surface area contributed by atoms with Gasteiger partial charge in [0.2, 0.25) is 11.7 Å². The van der Waals surface area contributed by atoms with Crippen molar-refractivity contribution in [2.75, 3.05) is 40.4 Å². The number of nitrogens with zero attached hydrogens (tertiary/aromatic N) is 4. The second-order valence-corrected chi connectivity index (χ2v) is 7.94. The maximum Gasteiger partial charge on any atom is 0.270 e. The number of amides is 1. The van der Waals surface area contributed by atoms with Crippen LogP contribution in [-0.4, -0.2) is 71.2 Å². The van der Waals surface area contributed by atoms with Crippen molar-refractivity contribution in [1.82, 2.24) is 24.9 Å². The van der Waals surface area contributed by atoms with Gasteiger partial charge in [-0.3, -0.25) is 9.69 Å². The van der Waals surface area contributed by atoms with Crippen LogP contribution < -0.4 is 9.47 Å². The number of rotatable bonds is 6. The highest BCUT2D eigenvalue weighted by Gasteiger charge is 2.24. The van der Waals surface area contributed by atoms with Gasteiger partial charge in [0, 0.05) is 48.7 Å². The van der Waals surface area contributed by atoms with E-state index in [0.29, 0.717) is 37.0 Å². The van der Waals surface area contributed by atoms with E-state index in [0.717, 1.165) is 41.1 Å². The smallest absolute Gasteiger partial charge is 0.270 e. The maximum absolute atomic E-state index is 13.0. The Labute approximate surface area is 190 Å². The summed E-state index contributed by atoms with van der Waals surface area (Å²) in [4.78, 5) is 24.8. The van der Waals surface area contributed by atoms with E-state index in [4.69, 9.17) is 14.0 Å². The molecule has 0 spiro atoms. The summed E-state index contributed by atoms with van der Waals surface area (Å²) in [6.07, 6.45) is 0. The van der Waals surface area contributed by atoms with E-state index >= 15 is 0 Å². The van der Waals surface area contributed by atoms with Crippen molar-refractivity contribution in [3.63, 3.8) is 0 Å². The van der Waals surface area contributed by atoms with E-state index < -0.39 is 0 Å². The Morgan fingerprint density at radius 3 is 2.45 bits per heavy atom. The van der Waals surface area contributed by atoms with Crippen molar-refractivity contribution in [2.24, 2.45) is 0 Å². The molecule has 9 nitrogen and oxygen atoms in total. The van der Waals surface area contributed by atoms with Crippen LogP contribution in [0.3, 0.4) is 0 Å². The Bertz CT molecular complexity index is 1260. The van der Waals surface area contributed by atoms with Gasteiger partial charge in [-0.05, 0) is 42.5 Å². The molecule has 1 aliphatic rings. The molecule has 0 aliphatic carbocycles. The standard InChI is InChI=1S/C24H25N5O4/c1-31-18-6-3-16(4-7-18)23-26-22(33-27-23)15-28-9-11-29(12-10-28)24(30)21-13-17-5-8-19(32-2)14-20(17)25-21/h3-8,13-14,25H,9-12,15H2,1-2H3. The normalized spacial score (nSPS) is 14.5. The fourth-order valence-electron chi connectivity index (χ4n) is 4.00. The minimum absolute atomic E-state index is 0.00407. The maximum atomic E-state index is 13.0. The molecule has 1 saturated heterocycles. The highest BCUT2D eigenvalue weighted by atomic mass is 16.5. The summed E-state index contributed by atoms with van der Waals surface area (Å²) in [6, 6.07) is 15.2. The van der Waals surface area contributed by atoms with Crippen molar-refractivity contribution in [2.45, 2.75) is 6.54 Å². The summed E-state index contributed by atoms with van der Waals surface area (Å²) < 4.78 is 15.9. The monoisotopic (exact) mass is 447 g/mol. The van der Waals surface area contributed by atoms with Gasteiger partial charge in [-0.1, -0.05) is 5.16 Å². The molecule has 0 radical (unpaired) electrons. The average molecular weight is 447 g/mol. The van der Waals surface area contributed by atoms with Crippen LogP contribution in [0.1, 0.15) is 16.4 Å². The molecule has 2 aromatic carbocycles. The molecule has 5 rings (SSSR count). The van der Waals surface area contributed by atoms with Crippen LogP contribution in [0.4, 0.5) is 0 Å². The van der Waals surface area contributed by atoms with E-state index in [2.05, 4.69) is 20.0 Å². The summed E-state index contributed by atoms with van der Waals surface area (Å²) in [6.45, 7) is 3.30. The van der Waals surface area contributed by atoms with Gasteiger partial charge >= 0.3 is 0 Å². The van der Waals surface area contributed by atoms with Crippen LogP contribution in [0.15, 0.2) is 53.1 Å².